The van der Waals surface area contributed by atoms with Gasteiger partial charge in [0.1, 0.15) is 11.9 Å². The van der Waals surface area contributed by atoms with Crippen LogP contribution in [-0.2, 0) is 6.42 Å². The summed E-state index contributed by atoms with van der Waals surface area (Å²) in [6, 6.07) is 16.6. The lowest BCUT2D eigenvalue weighted by Crippen LogP contribution is -2.31. The summed E-state index contributed by atoms with van der Waals surface area (Å²) in [5, 5.41) is 12.6. The van der Waals surface area contributed by atoms with E-state index in [1.54, 1.807) is 12.1 Å². The number of hydrogen-bond donors (Lipinski definition) is 3. The fourth-order valence-electron chi connectivity index (χ4n) is 4.95. The van der Waals surface area contributed by atoms with E-state index < -0.39 is 11.7 Å². The van der Waals surface area contributed by atoms with Crippen LogP contribution in [0.1, 0.15) is 53.3 Å². The number of aliphatic hydroxyl groups is 1. The van der Waals surface area contributed by atoms with E-state index in [1.165, 1.54) is 19.2 Å². The van der Waals surface area contributed by atoms with Gasteiger partial charge < -0.3 is 25.6 Å². The van der Waals surface area contributed by atoms with Crippen molar-refractivity contribution in [1.29, 1.82) is 0 Å². The summed E-state index contributed by atoms with van der Waals surface area (Å²) in [4.78, 5) is 12.0. The van der Waals surface area contributed by atoms with E-state index in [-0.39, 0.29) is 29.1 Å². The molecule has 196 valence electrons. The standard InChI is InChI=1S/C22H17ClFNO3.C7H15NO/c1-27-17-9-7-13(22(25)26)20(21(17)24)19-14-11-18(12-5-3-2-4-6-12)28-16(14)10-8-15(19)23;1-8-6-2-4-7(9)5-3-6/h2-10,18H,11H2,1H3,(H2,25,26);6-9H,2-5H2,1H3. The monoisotopic (exact) mass is 526 g/mol. The van der Waals surface area contributed by atoms with E-state index in [0.717, 1.165) is 36.8 Å². The number of benzene rings is 3. The maximum Gasteiger partial charge on any atom is 0.249 e. The third kappa shape index (κ3) is 5.90. The number of fused-ring (bicyclic) bond motifs is 1. The zero-order valence-electron chi connectivity index (χ0n) is 21.0. The van der Waals surface area contributed by atoms with Crippen LogP contribution in [0.25, 0.3) is 11.1 Å². The van der Waals surface area contributed by atoms with Crippen molar-refractivity contribution in [1.82, 2.24) is 5.32 Å². The molecule has 3 aromatic rings. The van der Waals surface area contributed by atoms with E-state index in [0.29, 0.717) is 28.8 Å². The summed E-state index contributed by atoms with van der Waals surface area (Å²) in [6.45, 7) is 0. The predicted molar refractivity (Wildman–Crippen MR) is 143 cm³/mol. The molecular formula is C29H32ClFN2O4. The minimum Gasteiger partial charge on any atom is -0.494 e. The van der Waals surface area contributed by atoms with Gasteiger partial charge in [0.05, 0.1) is 18.8 Å². The summed E-state index contributed by atoms with van der Waals surface area (Å²) in [5.74, 6) is -0.820. The van der Waals surface area contributed by atoms with Gasteiger partial charge in [-0.05, 0) is 62.6 Å². The molecule has 0 radical (unpaired) electrons. The van der Waals surface area contributed by atoms with Gasteiger partial charge in [-0.2, -0.15) is 0 Å². The molecule has 6 nitrogen and oxygen atoms in total. The van der Waals surface area contributed by atoms with Crippen LogP contribution in [0.4, 0.5) is 4.39 Å². The van der Waals surface area contributed by atoms with Crippen LogP contribution in [0.2, 0.25) is 5.02 Å². The summed E-state index contributed by atoms with van der Waals surface area (Å²) in [7, 11) is 3.35. The molecule has 1 aliphatic heterocycles. The maximum atomic E-state index is 15.2. The fourth-order valence-corrected chi connectivity index (χ4v) is 5.22. The first-order valence-corrected chi connectivity index (χ1v) is 12.8. The molecule has 5 rings (SSSR count). The van der Waals surface area contributed by atoms with Crippen molar-refractivity contribution in [3.8, 4) is 22.6 Å². The quantitative estimate of drug-likeness (QED) is 0.411. The predicted octanol–water partition coefficient (Wildman–Crippen LogP) is 5.44. The van der Waals surface area contributed by atoms with Gasteiger partial charge in [-0.1, -0.05) is 41.9 Å². The topological polar surface area (TPSA) is 93.8 Å². The van der Waals surface area contributed by atoms with Crippen molar-refractivity contribution in [3.63, 3.8) is 0 Å². The molecule has 0 aromatic heterocycles. The molecule has 0 saturated heterocycles. The summed E-state index contributed by atoms with van der Waals surface area (Å²) < 4.78 is 26.4. The highest BCUT2D eigenvalue weighted by Crippen LogP contribution is 2.47. The molecule has 37 heavy (non-hydrogen) atoms. The van der Waals surface area contributed by atoms with Crippen LogP contribution >= 0.6 is 11.6 Å². The van der Waals surface area contributed by atoms with Gasteiger partial charge in [0.25, 0.3) is 0 Å². The Hall–Kier alpha value is -3.13. The molecule has 0 bridgehead atoms. The third-order valence-corrected chi connectivity index (χ3v) is 7.31. The zero-order chi connectivity index (χ0) is 26.5. The molecule has 3 aromatic carbocycles. The molecule has 2 aliphatic rings. The minimum absolute atomic E-state index is 0.00666. The molecule has 1 fully saturated rings. The number of nitrogens with one attached hydrogen (secondary N) is 1. The number of carbonyl (C=O) groups excluding carboxylic acids is 1. The number of rotatable bonds is 5. The first kappa shape index (κ1) is 26.9. The number of halogens is 2. The second-order valence-corrected chi connectivity index (χ2v) is 9.69. The molecule has 1 amide bonds. The van der Waals surface area contributed by atoms with Crippen molar-refractivity contribution in [2.75, 3.05) is 14.2 Å². The van der Waals surface area contributed by atoms with Crippen LogP contribution in [0.15, 0.2) is 54.6 Å². The Morgan fingerprint density at radius 2 is 1.78 bits per heavy atom. The smallest absolute Gasteiger partial charge is 0.249 e. The maximum absolute atomic E-state index is 15.2. The summed E-state index contributed by atoms with van der Waals surface area (Å²) in [5.41, 5.74) is 7.72. The molecule has 0 spiro atoms. The highest BCUT2D eigenvalue weighted by molar-refractivity contribution is 6.34. The van der Waals surface area contributed by atoms with E-state index in [2.05, 4.69) is 5.32 Å². The SMILES string of the molecule is CNC1CCC(O)CC1.COc1ccc(C(N)=O)c(-c2c(Cl)ccc3c2CC(c2ccccc2)O3)c1F. The number of hydrogen-bond acceptors (Lipinski definition) is 5. The molecule has 1 aliphatic carbocycles. The number of carbonyl (C=O) groups is 1. The van der Waals surface area contributed by atoms with Gasteiger partial charge in [-0.25, -0.2) is 4.39 Å². The van der Waals surface area contributed by atoms with Crippen molar-refractivity contribution in [3.05, 3.63) is 82.1 Å². The van der Waals surface area contributed by atoms with Crippen LogP contribution in [0.3, 0.4) is 0 Å². The number of amides is 1. The largest absolute Gasteiger partial charge is 0.494 e. The van der Waals surface area contributed by atoms with Gasteiger partial charge in [0.2, 0.25) is 5.91 Å². The van der Waals surface area contributed by atoms with E-state index in [9.17, 15) is 4.79 Å². The summed E-state index contributed by atoms with van der Waals surface area (Å²) in [6.07, 6.45) is 4.48. The number of methoxy groups -OCH3 is 1. The Bertz CT molecular complexity index is 1250. The van der Waals surface area contributed by atoms with Gasteiger partial charge in [0, 0.05) is 34.2 Å². The Labute approximate surface area is 221 Å². The first-order valence-electron chi connectivity index (χ1n) is 12.4. The second-order valence-electron chi connectivity index (χ2n) is 9.28. The number of ether oxygens (including phenoxy) is 2. The lowest BCUT2D eigenvalue weighted by molar-refractivity contribution is 0.100. The van der Waals surface area contributed by atoms with Gasteiger partial charge in [0.15, 0.2) is 11.6 Å². The van der Waals surface area contributed by atoms with Crippen molar-refractivity contribution < 1.29 is 23.8 Å². The Morgan fingerprint density at radius 3 is 2.41 bits per heavy atom. The van der Waals surface area contributed by atoms with Crippen LogP contribution in [-0.4, -0.2) is 37.3 Å². The molecule has 4 N–H and O–H groups in total. The Balaban J connectivity index is 0.000000301. The van der Waals surface area contributed by atoms with E-state index in [1.807, 2.05) is 37.4 Å². The van der Waals surface area contributed by atoms with Crippen molar-refractivity contribution in [2.45, 2.75) is 50.4 Å². The Kier molecular flexibility index (Phi) is 8.69. The average molecular weight is 527 g/mol. The molecule has 1 unspecified atom stereocenters. The first-order chi connectivity index (χ1) is 17.8. The lowest BCUT2D eigenvalue weighted by Gasteiger charge is -2.24. The van der Waals surface area contributed by atoms with E-state index >= 15 is 4.39 Å². The minimum atomic E-state index is -0.747. The average Bonchev–Trinajstić information content (AvgIpc) is 3.35. The van der Waals surface area contributed by atoms with Crippen molar-refractivity contribution in [2.24, 2.45) is 5.73 Å². The second kappa shape index (κ2) is 11.9. The van der Waals surface area contributed by atoms with Crippen molar-refractivity contribution >= 4 is 17.5 Å². The molecular weight excluding hydrogens is 495 g/mol. The van der Waals surface area contributed by atoms with Crippen LogP contribution in [0, 0.1) is 5.82 Å². The lowest BCUT2D eigenvalue weighted by atomic mass is 9.91. The fraction of sp³-hybridized carbons (Fsp3) is 0.345. The molecule has 1 saturated carbocycles. The number of primary amides is 1. The third-order valence-electron chi connectivity index (χ3n) is 7.00. The molecule has 8 heteroatoms. The highest BCUT2D eigenvalue weighted by atomic mass is 35.5. The normalized spacial score (nSPS) is 20.3. The number of nitrogens with two attached hydrogens (primary N) is 1. The molecule has 1 heterocycles. The molecule has 1 atom stereocenters. The van der Waals surface area contributed by atoms with Gasteiger partial charge in [-0.15, -0.1) is 0 Å². The highest BCUT2D eigenvalue weighted by Gasteiger charge is 2.31. The van der Waals surface area contributed by atoms with Crippen LogP contribution in [0.5, 0.6) is 11.5 Å². The van der Waals surface area contributed by atoms with E-state index in [4.69, 9.17) is 31.9 Å². The van der Waals surface area contributed by atoms with Crippen LogP contribution < -0.4 is 20.5 Å². The van der Waals surface area contributed by atoms with Gasteiger partial charge >= 0.3 is 0 Å². The number of aliphatic hydroxyl groups excluding tert-OH is 1. The Morgan fingerprint density at radius 1 is 1.08 bits per heavy atom. The van der Waals surface area contributed by atoms with Gasteiger partial charge in [-0.3, -0.25) is 4.79 Å². The zero-order valence-corrected chi connectivity index (χ0v) is 21.7. The summed E-state index contributed by atoms with van der Waals surface area (Å²) >= 11 is 6.47.